The third kappa shape index (κ3) is 5.43. The minimum atomic E-state index is 0.675. The highest BCUT2D eigenvalue weighted by atomic mass is 32.1. The Kier molecular flexibility index (Phi) is 7.07. The van der Waals surface area contributed by atoms with E-state index in [-0.39, 0.29) is 0 Å². The van der Waals surface area contributed by atoms with Crippen LogP contribution in [0.1, 0.15) is 28.8 Å². The summed E-state index contributed by atoms with van der Waals surface area (Å²) >= 11 is 1.86. The van der Waals surface area contributed by atoms with Gasteiger partial charge in [-0.2, -0.15) is 0 Å². The summed E-state index contributed by atoms with van der Waals surface area (Å²) in [5, 5.41) is 10.5. The fraction of sp³-hybridized carbons (Fsp3) is 0.458. The summed E-state index contributed by atoms with van der Waals surface area (Å²) in [4.78, 5) is 11.9. The maximum absolute atomic E-state index is 4.42. The molecule has 160 valence electrons. The lowest BCUT2D eigenvalue weighted by atomic mass is 9.98. The van der Waals surface area contributed by atoms with Crippen LogP contribution in [0.2, 0.25) is 0 Å². The van der Waals surface area contributed by atoms with Crippen LogP contribution in [0.25, 0.3) is 10.9 Å². The maximum Gasteiger partial charge on any atom is 0.190 e. The van der Waals surface area contributed by atoms with Crippen molar-refractivity contribution in [2.75, 3.05) is 33.2 Å². The van der Waals surface area contributed by atoms with Crippen molar-refractivity contribution in [3.63, 3.8) is 0 Å². The molecule has 6 heteroatoms. The van der Waals surface area contributed by atoms with E-state index in [9.17, 15) is 0 Å². The predicted molar refractivity (Wildman–Crippen MR) is 128 cm³/mol. The summed E-state index contributed by atoms with van der Waals surface area (Å²) in [6.07, 6.45) is 5.68. The Hall–Kier alpha value is -2.31. The Morgan fingerprint density at radius 1 is 1.30 bits per heavy atom. The third-order valence-corrected chi connectivity index (χ3v) is 6.82. The largest absolute Gasteiger partial charge is 0.361 e. The van der Waals surface area contributed by atoms with Gasteiger partial charge in [0.2, 0.25) is 0 Å². The molecular weight excluding hydrogens is 390 g/mol. The molecular formula is C24H33N5S. The lowest BCUT2D eigenvalue weighted by molar-refractivity contribution is 0.169. The second-order valence-corrected chi connectivity index (χ2v) is 9.35. The van der Waals surface area contributed by atoms with E-state index < -0.39 is 0 Å². The van der Waals surface area contributed by atoms with Crippen LogP contribution in [0.5, 0.6) is 0 Å². The molecule has 1 aromatic carbocycles. The molecule has 3 N–H and O–H groups in total. The van der Waals surface area contributed by atoms with Crippen molar-refractivity contribution in [1.29, 1.82) is 0 Å². The molecule has 1 aliphatic heterocycles. The summed E-state index contributed by atoms with van der Waals surface area (Å²) in [5.41, 5.74) is 3.86. The number of H-pyrrole nitrogens is 1. The summed E-state index contributed by atoms with van der Waals surface area (Å²) in [5.74, 6) is 1.58. The van der Waals surface area contributed by atoms with Crippen LogP contribution < -0.4 is 10.6 Å². The van der Waals surface area contributed by atoms with E-state index in [1.807, 2.05) is 18.4 Å². The van der Waals surface area contributed by atoms with Crippen molar-refractivity contribution in [2.24, 2.45) is 10.9 Å². The molecule has 1 unspecified atom stereocenters. The number of aromatic nitrogens is 1. The first kappa shape index (κ1) is 20.9. The average molecular weight is 424 g/mol. The zero-order chi connectivity index (χ0) is 20.8. The van der Waals surface area contributed by atoms with Crippen LogP contribution in [0, 0.1) is 12.8 Å². The van der Waals surface area contributed by atoms with Crippen molar-refractivity contribution in [3.8, 4) is 0 Å². The minimum absolute atomic E-state index is 0.675. The molecule has 1 fully saturated rings. The molecule has 1 atom stereocenters. The van der Waals surface area contributed by atoms with E-state index in [1.165, 1.54) is 46.3 Å². The molecule has 0 spiro atoms. The number of aliphatic imine (C=N–C) groups is 1. The number of hydrogen-bond donors (Lipinski definition) is 3. The smallest absolute Gasteiger partial charge is 0.190 e. The van der Waals surface area contributed by atoms with Gasteiger partial charge in [0.15, 0.2) is 5.96 Å². The van der Waals surface area contributed by atoms with E-state index in [4.69, 9.17) is 0 Å². The van der Waals surface area contributed by atoms with Crippen LogP contribution in [-0.2, 0) is 13.0 Å². The fourth-order valence-corrected chi connectivity index (χ4v) is 5.11. The first-order valence-electron chi connectivity index (χ1n) is 11.0. The number of nitrogens with one attached hydrogen (secondary N) is 3. The number of aromatic amines is 1. The Labute approximate surface area is 183 Å². The van der Waals surface area contributed by atoms with Gasteiger partial charge in [-0.25, -0.2) is 0 Å². The van der Waals surface area contributed by atoms with Gasteiger partial charge in [-0.3, -0.25) is 9.89 Å². The first-order valence-corrected chi connectivity index (χ1v) is 11.8. The van der Waals surface area contributed by atoms with E-state index in [0.717, 1.165) is 38.6 Å². The standard InChI is InChI=1S/C24H33N5S/c1-18-7-8-22-20(15-27-23(22)13-18)9-10-26-24(25-2)28-14-19-5-3-11-29(16-19)17-21-6-4-12-30-21/h4,6-8,12-13,15,19,27H,3,5,9-11,14,16-17H2,1-2H3,(H2,25,26,28). The van der Waals surface area contributed by atoms with Crippen LogP contribution in [0.15, 0.2) is 46.9 Å². The molecule has 0 saturated carbocycles. The van der Waals surface area contributed by atoms with Crippen molar-refractivity contribution < 1.29 is 0 Å². The van der Waals surface area contributed by atoms with Gasteiger partial charge in [-0.1, -0.05) is 18.2 Å². The van der Waals surface area contributed by atoms with Crippen LogP contribution in [0.4, 0.5) is 0 Å². The molecule has 4 rings (SSSR count). The van der Waals surface area contributed by atoms with Gasteiger partial charge < -0.3 is 15.6 Å². The zero-order valence-electron chi connectivity index (χ0n) is 18.1. The Morgan fingerprint density at radius 2 is 2.23 bits per heavy atom. The molecule has 0 radical (unpaired) electrons. The molecule has 0 bridgehead atoms. The second kappa shape index (κ2) is 10.1. The molecule has 30 heavy (non-hydrogen) atoms. The van der Waals surface area contributed by atoms with E-state index in [0.29, 0.717) is 5.92 Å². The maximum atomic E-state index is 4.42. The number of aryl methyl sites for hydroxylation is 1. The number of guanidine groups is 1. The molecule has 1 aliphatic rings. The lowest BCUT2D eigenvalue weighted by Crippen LogP contribution is -2.44. The number of likely N-dealkylation sites (tertiary alicyclic amines) is 1. The third-order valence-electron chi connectivity index (χ3n) is 5.95. The van der Waals surface area contributed by atoms with Gasteiger partial charge in [0.1, 0.15) is 0 Å². The minimum Gasteiger partial charge on any atom is -0.361 e. The number of rotatable bonds is 7. The zero-order valence-corrected chi connectivity index (χ0v) is 18.9. The summed E-state index contributed by atoms with van der Waals surface area (Å²) in [7, 11) is 1.85. The number of thiophene rings is 1. The van der Waals surface area contributed by atoms with Crippen molar-refractivity contribution in [3.05, 3.63) is 57.9 Å². The molecule has 1 saturated heterocycles. The number of hydrogen-bond acceptors (Lipinski definition) is 3. The monoisotopic (exact) mass is 423 g/mol. The van der Waals surface area contributed by atoms with Crippen LogP contribution in [-0.4, -0.2) is 49.1 Å². The van der Waals surface area contributed by atoms with Gasteiger partial charge >= 0.3 is 0 Å². The summed E-state index contributed by atoms with van der Waals surface area (Å²) < 4.78 is 0. The van der Waals surface area contributed by atoms with Crippen molar-refractivity contribution >= 4 is 28.2 Å². The van der Waals surface area contributed by atoms with E-state index >= 15 is 0 Å². The van der Waals surface area contributed by atoms with Crippen LogP contribution >= 0.6 is 11.3 Å². The summed E-state index contributed by atoms with van der Waals surface area (Å²) in [6, 6.07) is 11.0. The highest BCUT2D eigenvalue weighted by Crippen LogP contribution is 2.21. The molecule has 3 aromatic rings. The highest BCUT2D eigenvalue weighted by Gasteiger charge is 2.20. The molecule has 3 heterocycles. The van der Waals surface area contributed by atoms with Gasteiger partial charge in [-0.05, 0) is 67.3 Å². The van der Waals surface area contributed by atoms with Gasteiger partial charge in [-0.15, -0.1) is 11.3 Å². The first-order chi connectivity index (χ1) is 14.7. The van der Waals surface area contributed by atoms with E-state index in [1.54, 1.807) is 0 Å². The predicted octanol–water partition coefficient (Wildman–Crippen LogP) is 4.16. The Bertz CT molecular complexity index is 959. The molecule has 0 aliphatic carbocycles. The Balaban J connectivity index is 1.21. The van der Waals surface area contributed by atoms with Gasteiger partial charge in [0.25, 0.3) is 0 Å². The number of fused-ring (bicyclic) bond motifs is 1. The number of piperidine rings is 1. The number of benzene rings is 1. The van der Waals surface area contributed by atoms with Crippen molar-refractivity contribution in [1.82, 2.24) is 20.5 Å². The molecule has 5 nitrogen and oxygen atoms in total. The van der Waals surface area contributed by atoms with Crippen LogP contribution in [0.3, 0.4) is 0 Å². The fourth-order valence-electron chi connectivity index (χ4n) is 4.37. The SMILES string of the molecule is CN=C(NCCc1c[nH]c2cc(C)ccc12)NCC1CCCN(Cc2cccs2)C1. The second-order valence-electron chi connectivity index (χ2n) is 8.32. The Morgan fingerprint density at radius 3 is 3.07 bits per heavy atom. The van der Waals surface area contributed by atoms with E-state index in [2.05, 4.69) is 74.3 Å². The van der Waals surface area contributed by atoms with Crippen molar-refractivity contribution in [2.45, 2.75) is 32.7 Å². The average Bonchev–Trinajstić information content (AvgIpc) is 3.40. The quantitative estimate of drug-likeness (QED) is 0.395. The topological polar surface area (TPSA) is 55.5 Å². The normalized spacial score (nSPS) is 18.1. The van der Waals surface area contributed by atoms with Gasteiger partial charge in [0, 0.05) is 55.2 Å². The number of nitrogens with zero attached hydrogens (tertiary/aromatic N) is 2. The molecule has 2 aromatic heterocycles. The van der Waals surface area contributed by atoms with Gasteiger partial charge in [0.05, 0.1) is 0 Å². The lowest BCUT2D eigenvalue weighted by Gasteiger charge is -2.32. The highest BCUT2D eigenvalue weighted by molar-refractivity contribution is 7.09. The summed E-state index contributed by atoms with van der Waals surface area (Å²) in [6.45, 7) is 7.45. The molecule has 0 amide bonds.